The van der Waals surface area contributed by atoms with Crippen molar-refractivity contribution in [2.75, 3.05) is 24.2 Å². The van der Waals surface area contributed by atoms with Crippen molar-refractivity contribution in [1.29, 1.82) is 0 Å². The van der Waals surface area contributed by atoms with E-state index in [-0.39, 0.29) is 22.2 Å². The number of H-pyrrole nitrogens is 1. The van der Waals surface area contributed by atoms with Crippen molar-refractivity contribution in [2.24, 2.45) is 0 Å². The maximum Gasteiger partial charge on any atom is 0.418 e. The summed E-state index contributed by atoms with van der Waals surface area (Å²) in [6.07, 6.45) is -2.91. The van der Waals surface area contributed by atoms with E-state index in [4.69, 9.17) is 0 Å². The third-order valence-electron chi connectivity index (χ3n) is 4.51. The second-order valence-corrected chi connectivity index (χ2v) is 7.67. The number of fused-ring (bicyclic) bond motifs is 1. The number of nitrogens with one attached hydrogen (secondary N) is 2. The fourth-order valence-electron chi connectivity index (χ4n) is 3.19. The van der Waals surface area contributed by atoms with Gasteiger partial charge in [0.2, 0.25) is 5.91 Å². The minimum atomic E-state index is -4.56. The van der Waals surface area contributed by atoms with Gasteiger partial charge in [-0.1, -0.05) is 30.8 Å². The van der Waals surface area contributed by atoms with Gasteiger partial charge in [-0.15, -0.1) is 0 Å². The number of halogens is 3. The second kappa shape index (κ2) is 9.00. The van der Waals surface area contributed by atoms with E-state index < -0.39 is 17.6 Å². The van der Waals surface area contributed by atoms with E-state index in [0.29, 0.717) is 24.2 Å². The summed E-state index contributed by atoms with van der Waals surface area (Å²) in [5, 5.41) is 2.57. The molecule has 1 aromatic carbocycles. The third kappa shape index (κ3) is 5.39. The number of aromatic nitrogens is 2. The predicted octanol–water partition coefficient (Wildman–Crippen LogP) is 3.29. The molecular formula is C19H21F3N4O2S. The van der Waals surface area contributed by atoms with Gasteiger partial charge in [-0.2, -0.15) is 13.2 Å². The summed E-state index contributed by atoms with van der Waals surface area (Å²) in [6.45, 7) is 4.35. The Morgan fingerprint density at radius 1 is 1.34 bits per heavy atom. The molecule has 2 aromatic rings. The highest BCUT2D eigenvalue weighted by Crippen LogP contribution is 2.34. The average molecular weight is 426 g/mol. The van der Waals surface area contributed by atoms with Crippen LogP contribution in [0.5, 0.6) is 0 Å². The van der Waals surface area contributed by atoms with Crippen molar-refractivity contribution in [3.05, 3.63) is 51.4 Å². The number of amides is 1. The Labute approximate surface area is 169 Å². The smallest absolute Gasteiger partial charge is 0.325 e. The van der Waals surface area contributed by atoms with E-state index in [1.807, 2.05) is 0 Å². The molecule has 0 fully saturated rings. The number of para-hydroxylation sites is 1. The molecule has 0 saturated carbocycles. The quantitative estimate of drug-likeness (QED) is 0.548. The molecule has 0 unspecified atom stereocenters. The number of rotatable bonds is 6. The van der Waals surface area contributed by atoms with Crippen LogP contribution in [0.15, 0.2) is 34.2 Å². The van der Waals surface area contributed by atoms with Crippen LogP contribution in [-0.2, 0) is 23.9 Å². The molecule has 1 aromatic heterocycles. The maximum atomic E-state index is 13.0. The van der Waals surface area contributed by atoms with Crippen LogP contribution in [0.4, 0.5) is 18.9 Å². The molecule has 29 heavy (non-hydrogen) atoms. The van der Waals surface area contributed by atoms with Gasteiger partial charge in [0.15, 0.2) is 5.16 Å². The van der Waals surface area contributed by atoms with E-state index in [1.54, 1.807) is 0 Å². The summed E-state index contributed by atoms with van der Waals surface area (Å²) < 4.78 is 39.1. The van der Waals surface area contributed by atoms with Crippen molar-refractivity contribution < 1.29 is 18.0 Å². The molecule has 1 aliphatic heterocycles. The first kappa shape index (κ1) is 21.4. The van der Waals surface area contributed by atoms with Gasteiger partial charge in [-0.05, 0) is 25.1 Å². The first-order chi connectivity index (χ1) is 13.8. The van der Waals surface area contributed by atoms with Gasteiger partial charge in [-0.3, -0.25) is 14.5 Å². The largest absolute Gasteiger partial charge is 0.418 e. The van der Waals surface area contributed by atoms with Crippen molar-refractivity contribution in [2.45, 2.75) is 37.6 Å². The van der Waals surface area contributed by atoms with Crippen LogP contribution in [0.1, 0.15) is 30.2 Å². The predicted molar refractivity (Wildman–Crippen MR) is 105 cm³/mol. The van der Waals surface area contributed by atoms with Crippen molar-refractivity contribution in [1.82, 2.24) is 14.9 Å². The zero-order chi connectivity index (χ0) is 21.0. The number of carbonyl (C=O) groups excluding carboxylic acids is 1. The van der Waals surface area contributed by atoms with Crippen LogP contribution in [0.25, 0.3) is 0 Å². The number of benzene rings is 1. The molecule has 0 atom stereocenters. The van der Waals surface area contributed by atoms with Gasteiger partial charge < -0.3 is 10.3 Å². The van der Waals surface area contributed by atoms with Crippen molar-refractivity contribution in [3.63, 3.8) is 0 Å². The first-order valence-corrected chi connectivity index (χ1v) is 10.2. The summed E-state index contributed by atoms with van der Waals surface area (Å²) in [6, 6.07) is 4.79. The van der Waals surface area contributed by atoms with E-state index in [9.17, 15) is 22.8 Å². The minimum Gasteiger partial charge on any atom is -0.325 e. The Bertz CT molecular complexity index is 946. The number of thioether (sulfide) groups is 1. The molecule has 0 bridgehead atoms. The monoisotopic (exact) mass is 426 g/mol. The number of hydrogen-bond donors (Lipinski definition) is 2. The molecular weight excluding hydrogens is 405 g/mol. The van der Waals surface area contributed by atoms with Gasteiger partial charge >= 0.3 is 6.18 Å². The number of nitrogens with zero attached hydrogens (tertiary/aromatic N) is 2. The van der Waals surface area contributed by atoms with E-state index in [0.717, 1.165) is 37.3 Å². The SMILES string of the molecule is CCCN1CCc2nc(SCC(=O)Nc3ccccc3C(F)(F)F)[nH]c(=O)c2C1. The van der Waals surface area contributed by atoms with Crippen LogP contribution in [-0.4, -0.2) is 39.6 Å². The molecule has 2 heterocycles. The standard InChI is InChI=1S/C19H21F3N4O2S/c1-2-8-26-9-7-14-12(10-26)17(28)25-18(24-14)29-11-16(27)23-15-6-4-3-5-13(15)19(20,21)22/h3-6H,2,7-11H2,1H3,(H,23,27)(H,24,25,28). The summed E-state index contributed by atoms with van der Waals surface area (Å²) >= 11 is 0.986. The van der Waals surface area contributed by atoms with E-state index >= 15 is 0 Å². The second-order valence-electron chi connectivity index (χ2n) is 6.70. The van der Waals surface area contributed by atoms with Gasteiger partial charge in [0.25, 0.3) is 5.56 Å². The summed E-state index contributed by atoms with van der Waals surface area (Å²) in [5.41, 5.74) is -0.0889. The van der Waals surface area contributed by atoms with Crippen LogP contribution in [0, 0.1) is 0 Å². The first-order valence-electron chi connectivity index (χ1n) is 9.21. The summed E-state index contributed by atoms with van der Waals surface area (Å²) in [7, 11) is 0. The Morgan fingerprint density at radius 2 is 2.10 bits per heavy atom. The van der Waals surface area contributed by atoms with Crippen molar-refractivity contribution in [3.8, 4) is 0 Å². The van der Waals surface area contributed by atoms with Crippen molar-refractivity contribution >= 4 is 23.4 Å². The minimum absolute atomic E-state index is 0.171. The molecule has 6 nitrogen and oxygen atoms in total. The molecule has 0 saturated heterocycles. The number of anilines is 1. The van der Waals surface area contributed by atoms with E-state index in [2.05, 4.69) is 27.1 Å². The molecule has 1 amide bonds. The Morgan fingerprint density at radius 3 is 2.83 bits per heavy atom. The van der Waals surface area contributed by atoms with Crippen LogP contribution >= 0.6 is 11.8 Å². The van der Waals surface area contributed by atoms with Crippen LogP contribution in [0.3, 0.4) is 0 Å². The van der Waals surface area contributed by atoms with Crippen LogP contribution < -0.4 is 10.9 Å². The lowest BCUT2D eigenvalue weighted by atomic mass is 10.1. The molecule has 1 aliphatic rings. The third-order valence-corrected chi connectivity index (χ3v) is 5.39. The highest BCUT2D eigenvalue weighted by Gasteiger charge is 2.33. The maximum absolute atomic E-state index is 13.0. The number of alkyl halides is 3. The Balaban J connectivity index is 1.65. The molecule has 156 valence electrons. The Hall–Kier alpha value is -2.33. The molecule has 2 N–H and O–H groups in total. The average Bonchev–Trinajstić information content (AvgIpc) is 2.67. The topological polar surface area (TPSA) is 78.1 Å². The molecule has 0 aliphatic carbocycles. The lowest BCUT2D eigenvalue weighted by molar-refractivity contribution is -0.137. The van der Waals surface area contributed by atoms with Gasteiger partial charge in [-0.25, -0.2) is 4.98 Å². The fourth-order valence-corrected chi connectivity index (χ4v) is 3.87. The molecule has 3 rings (SSSR count). The van der Waals surface area contributed by atoms with Gasteiger partial charge in [0.05, 0.1) is 28.3 Å². The van der Waals surface area contributed by atoms with E-state index in [1.165, 1.54) is 18.2 Å². The highest BCUT2D eigenvalue weighted by molar-refractivity contribution is 7.99. The van der Waals surface area contributed by atoms with Gasteiger partial charge in [0.1, 0.15) is 0 Å². The zero-order valence-electron chi connectivity index (χ0n) is 15.8. The molecule has 0 spiro atoms. The molecule has 0 radical (unpaired) electrons. The summed E-state index contributed by atoms with van der Waals surface area (Å²) in [4.78, 5) is 33.8. The number of hydrogen-bond acceptors (Lipinski definition) is 5. The zero-order valence-corrected chi connectivity index (χ0v) is 16.6. The highest BCUT2D eigenvalue weighted by atomic mass is 32.2. The summed E-state index contributed by atoms with van der Waals surface area (Å²) in [5.74, 6) is -0.781. The number of carbonyl (C=O) groups is 1. The lowest BCUT2D eigenvalue weighted by Gasteiger charge is -2.27. The lowest BCUT2D eigenvalue weighted by Crippen LogP contribution is -2.36. The number of aromatic amines is 1. The fraction of sp³-hybridized carbons (Fsp3) is 0.421. The van der Waals surface area contributed by atoms with Gasteiger partial charge in [0, 0.05) is 19.5 Å². The normalized spacial score (nSPS) is 14.5. The molecule has 10 heteroatoms. The van der Waals surface area contributed by atoms with Crippen LogP contribution in [0.2, 0.25) is 0 Å². The Kier molecular flexibility index (Phi) is 6.63.